The largest absolute Gasteiger partial charge is 0.397 e. The Hall–Kier alpha value is -3.65. The summed E-state index contributed by atoms with van der Waals surface area (Å²) in [6, 6.07) is 15.6. The fraction of sp³-hybridized carbons (Fsp3) is 0.320. The van der Waals surface area contributed by atoms with Crippen LogP contribution in [0.5, 0.6) is 0 Å². The van der Waals surface area contributed by atoms with Gasteiger partial charge >= 0.3 is 0 Å². The van der Waals surface area contributed by atoms with Crippen LogP contribution in [0.3, 0.4) is 0 Å². The molecule has 172 valence electrons. The van der Waals surface area contributed by atoms with Gasteiger partial charge in [-0.2, -0.15) is 0 Å². The minimum Gasteiger partial charge on any atom is -0.397 e. The second-order valence-electron chi connectivity index (χ2n) is 8.48. The zero-order chi connectivity index (χ0) is 23.2. The highest BCUT2D eigenvalue weighted by Crippen LogP contribution is 2.27. The molecule has 33 heavy (non-hydrogen) atoms. The maximum atomic E-state index is 12.1. The van der Waals surface area contributed by atoms with Crippen LogP contribution in [-0.4, -0.2) is 42.2 Å². The average Bonchev–Trinajstić information content (AvgIpc) is 2.81. The third-order valence-electron chi connectivity index (χ3n) is 5.37. The van der Waals surface area contributed by atoms with Crippen molar-refractivity contribution in [1.29, 1.82) is 0 Å². The molecule has 1 aliphatic heterocycles. The molecule has 4 rings (SSSR count). The number of benzene rings is 2. The van der Waals surface area contributed by atoms with Crippen LogP contribution in [0, 0.1) is 5.92 Å². The van der Waals surface area contributed by atoms with Gasteiger partial charge < -0.3 is 26.0 Å². The van der Waals surface area contributed by atoms with E-state index < -0.39 is 0 Å². The van der Waals surface area contributed by atoms with Gasteiger partial charge in [-0.3, -0.25) is 4.79 Å². The molecule has 4 N–H and O–H groups in total. The van der Waals surface area contributed by atoms with Crippen LogP contribution in [0.2, 0.25) is 0 Å². The van der Waals surface area contributed by atoms with Crippen LogP contribution in [0.15, 0.2) is 54.7 Å². The number of morpholine rings is 1. The standard InChI is InChI=1S/C25H30N6O2/c1-17(2)15-24(32)29-23-8-3-18(16-21(23)26)22-9-10-27-25(30-22)28-19-4-6-20(7-5-19)31-11-13-33-14-12-31/h3-10,16-17H,11-15,26H2,1-2H3,(H,29,32)(H,27,28,30). The second-order valence-corrected chi connectivity index (χ2v) is 8.48. The van der Waals surface area contributed by atoms with Crippen molar-refractivity contribution in [3.05, 3.63) is 54.7 Å². The van der Waals surface area contributed by atoms with E-state index in [2.05, 4.69) is 37.6 Å². The van der Waals surface area contributed by atoms with Crippen molar-refractivity contribution in [3.63, 3.8) is 0 Å². The van der Waals surface area contributed by atoms with Gasteiger partial charge in [0.1, 0.15) is 0 Å². The van der Waals surface area contributed by atoms with Crippen LogP contribution < -0.4 is 21.3 Å². The molecule has 0 saturated carbocycles. The molecule has 3 aromatic rings. The zero-order valence-corrected chi connectivity index (χ0v) is 19.0. The number of ether oxygens (including phenoxy) is 1. The predicted octanol–water partition coefficient (Wildman–Crippen LogP) is 4.29. The molecule has 0 bridgehead atoms. The lowest BCUT2D eigenvalue weighted by Crippen LogP contribution is -2.36. The highest BCUT2D eigenvalue weighted by Gasteiger charge is 2.12. The third kappa shape index (κ3) is 5.98. The van der Waals surface area contributed by atoms with E-state index in [1.807, 2.05) is 50.2 Å². The number of nitrogens with two attached hydrogens (primary N) is 1. The lowest BCUT2D eigenvalue weighted by molar-refractivity contribution is -0.116. The van der Waals surface area contributed by atoms with Crippen molar-refractivity contribution in [3.8, 4) is 11.3 Å². The van der Waals surface area contributed by atoms with Crippen molar-refractivity contribution in [2.75, 3.05) is 47.6 Å². The van der Waals surface area contributed by atoms with Crippen LogP contribution in [0.25, 0.3) is 11.3 Å². The van der Waals surface area contributed by atoms with Gasteiger partial charge in [0.25, 0.3) is 0 Å². The van der Waals surface area contributed by atoms with Gasteiger partial charge in [0, 0.05) is 42.6 Å². The van der Waals surface area contributed by atoms with E-state index in [-0.39, 0.29) is 11.8 Å². The van der Waals surface area contributed by atoms with E-state index in [4.69, 9.17) is 10.5 Å². The Morgan fingerprint density at radius 3 is 2.58 bits per heavy atom. The SMILES string of the molecule is CC(C)CC(=O)Nc1ccc(-c2ccnc(Nc3ccc(N4CCOCC4)cc3)n2)cc1N. The smallest absolute Gasteiger partial charge is 0.227 e. The number of aromatic nitrogens is 2. The average molecular weight is 447 g/mol. The molecule has 1 amide bonds. The molecule has 2 aromatic carbocycles. The van der Waals surface area contributed by atoms with Crippen LogP contribution in [0.4, 0.5) is 28.7 Å². The fourth-order valence-corrected chi connectivity index (χ4v) is 3.69. The Morgan fingerprint density at radius 1 is 1.12 bits per heavy atom. The minimum atomic E-state index is -0.0439. The van der Waals surface area contributed by atoms with Crippen LogP contribution in [-0.2, 0) is 9.53 Å². The van der Waals surface area contributed by atoms with Crippen LogP contribution >= 0.6 is 0 Å². The summed E-state index contributed by atoms with van der Waals surface area (Å²) < 4.78 is 5.42. The van der Waals surface area contributed by atoms with Crippen molar-refractivity contribution in [1.82, 2.24) is 9.97 Å². The Kier molecular flexibility index (Phi) is 7.04. The number of hydrogen-bond acceptors (Lipinski definition) is 7. The van der Waals surface area contributed by atoms with Gasteiger partial charge in [0.2, 0.25) is 11.9 Å². The summed E-state index contributed by atoms with van der Waals surface area (Å²) in [6.07, 6.45) is 2.16. The Morgan fingerprint density at radius 2 is 1.88 bits per heavy atom. The third-order valence-corrected chi connectivity index (χ3v) is 5.37. The molecule has 0 aliphatic carbocycles. The Labute approximate surface area is 194 Å². The summed E-state index contributed by atoms with van der Waals surface area (Å²) in [5.74, 6) is 0.741. The van der Waals surface area contributed by atoms with Gasteiger partial charge in [-0.15, -0.1) is 0 Å². The van der Waals surface area contributed by atoms with E-state index >= 15 is 0 Å². The summed E-state index contributed by atoms with van der Waals surface area (Å²) in [6.45, 7) is 7.34. The minimum absolute atomic E-state index is 0.0439. The molecule has 2 heterocycles. The first-order chi connectivity index (χ1) is 16.0. The number of carbonyl (C=O) groups is 1. The first-order valence-electron chi connectivity index (χ1n) is 11.2. The summed E-state index contributed by atoms with van der Waals surface area (Å²) in [5, 5.41) is 6.13. The lowest BCUT2D eigenvalue weighted by atomic mass is 10.1. The van der Waals surface area contributed by atoms with Gasteiger partial charge in [-0.1, -0.05) is 19.9 Å². The van der Waals surface area contributed by atoms with E-state index in [0.29, 0.717) is 23.7 Å². The lowest BCUT2D eigenvalue weighted by Gasteiger charge is -2.28. The fourth-order valence-electron chi connectivity index (χ4n) is 3.69. The number of hydrogen-bond donors (Lipinski definition) is 3. The summed E-state index contributed by atoms with van der Waals surface area (Å²) in [7, 11) is 0. The summed E-state index contributed by atoms with van der Waals surface area (Å²) in [5.41, 5.74) is 11.0. The predicted molar refractivity (Wildman–Crippen MR) is 133 cm³/mol. The molecule has 8 heteroatoms. The number of anilines is 5. The first kappa shape index (κ1) is 22.5. The first-order valence-corrected chi connectivity index (χ1v) is 11.2. The maximum absolute atomic E-state index is 12.1. The normalized spacial score (nSPS) is 13.7. The molecule has 0 spiro atoms. The van der Waals surface area contributed by atoms with Gasteiger partial charge in [-0.25, -0.2) is 9.97 Å². The van der Waals surface area contributed by atoms with Gasteiger partial charge in [0.05, 0.1) is 30.3 Å². The second kappa shape index (κ2) is 10.3. The topological polar surface area (TPSA) is 105 Å². The molecule has 8 nitrogen and oxygen atoms in total. The van der Waals surface area contributed by atoms with E-state index in [1.54, 1.807) is 6.20 Å². The van der Waals surface area contributed by atoms with Crippen molar-refractivity contribution in [2.24, 2.45) is 5.92 Å². The van der Waals surface area contributed by atoms with Crippen molar-refractivity contribution in [2.45, 2.75) is 20.3 Å². The molecule has 1 aliphatic rings. The van der Waals surface area contributed by atoms with Crippen molar-refractivity contribution >= 4 is 34.6 Å². The molecule has 0 atom stereocenters. The molecule has 0 radical (unpaired) electrons. The van der Waals surface area contributed by atoms with Crippen LogP contribution in [0.1, 0.15) is 20.3 Å². The monoisotopic (exact) mass is 446 g/mol. The van der Waals surface area contributed by atoms with Crippen molar-refractivity contribution < 1.29 is 9.53 Å². The number of nitrogens with one attached hydrogen (secondary N) is 2. The van der Waals surface area contributed by atoms with Gasteiger partial charge in [-0.05, 0) is 48.4 Å². The maximum Gasteiger partial charge on any atom is 0.227 e. The molecular weight excluding hydrogens is 416 g/mol. The van der Waals surface area contributed by atoms with E-state index in [0.717, 1.165) is 43.2 Å². The quantitative estimate of drug-likeness (QED) is 0.465. The molecule has 0 unspecified atom stereocenters. The molecule has 1 fully saturated rings. The number of nitrogens with zero attached hydrogens (tertiary/aromatic N) is 3. The zero-order valence-electron chi connectivity index (χ0n) is 19.0. The number of rotatable bonds is 7. The number of nitrogen functional groups attached to an aromatic ring is 1. The molecule has 1 saturated heterocycles. The number of carbonyl (C=O) groups excluding carboxylic acids is 1. The van der Waals surface area contributed by atoms with E-state index in [1.165, 1.54) is 5.69 Å². The molecule has 1 aromatic heterocycles. The van der Waals surface area contributed by atoms with E-state index in [9.17, 15) is 4.79 Å². The Balaban J connectivity index is 1.44. The highest BCUT2D eigenvalue weighted by atomic mass is 16.5. The number of amides is 1. The highest BCUT2D eigenvalue weighted by molar-refractivity contribution is 5.94. The Bertz CT molecular complexity index is 1090. The summed E-state index contributed by atoms with van der Waals surface area (Å²) in [4.78, 5) is 23.3. The molecular formula is C25H30N6O2. The summed E-state index contributed by atoms with van der Waals surface area (Å²) >= 11 is 0. The van der Waals surface area contributed by atoms with Gasteiger partial charge in [0.15, 0.2) is 0 Å².